The average Bonchev–Trinajstić information content (AvgIpc) is 3.43. The fourth-order valence-corrected chi connectivity index (χ4v) is 7.14. The summed E-state index contributed by atoms with van der Waals surface area (Å²) in [6, 6.07) is 11.2. The summed E-state index contributed by atoms with van der Waals surface area (Å²) in [5, 5.41) is 0.575. The second-order valence-corrected chi connectivity index (χ2v) is 13.2. The summed E-state index contributed by atoms with van der Waals surface area (Å²) in [6.07, 6.45) is 1.52. The smallest absolute Gasteiger partial charge is 0.319 e. The molecule has 10 nitrogen and oxygen atoms in total. The van der Waals surface area contributed by atoms with E-state index in [1.54, 1.807) is 37.2 Å². The maximum absolute atomic E-state index is 13.9. The number of fused-ring (bicyclic) bond motifs is 1. The zero-order chi connectivity index (χ0) is 28.1. The molecule has 14 heteroatoms. The number of aromatic nitrogens is 2. The third-order valence-corrected chi connectivity index (χ3v) is 9.55. The monoisotopic (exact) mass is 654 g/mol. The highest BCUT2D eigenvalue weighted by Gasteiger charge is 2.45. The Morgan fingerprint density at radius 2 is 1.67 bits per heavy atom. The van der Waals surface area contributed by atoms with Gasteiger partial charge in [0.25, 0.3) is 15.9 Å². The lowest BCUT2D eigenvalue weighted by atomic mass is 10.1. The molecule has 3 amide bonds. The van der Waals surface area contributed by atoms with Crippen molar-refractivity contribution >= 4 is 72.7 Å². The van der Waals surface area contributed by atoms with Gasteiger partial charge in [0.2, 0.25) is 5.95 Å². The van der Waals surface area contributed by atoms with Crippen molar-refractivity contribution in [2.45, 2.75) is 17.5 Å². The zero-order valence-corrected chi connectivity index (χ0v) is 25.0. The van der Waals surface area contributed by atoms with E-state index in [1.807, 2.05) is 24.3 Å². The van der Waals surface area contributed by atoms with E-state index in [1.165, 1.54) is 24.9 Å². The first-order valence-corrected chi connectivity index (χ1v) is 15.0. The summed E-state index contributed by atoms with van der Waals surface area (Å²) in [6.45, 7) is 0.764. The number of anilines is 2. The van der Waals surface area contributed by atoms with Crippen LogP contribution in [0.2, 0.25) is 10.0 Å². The minimum Gasteiger partial charge on any atom is -0.331 e. The molecule has 1 atom stereocenters. The molecule has 3 aromatic rings. The average molecular weight is 656 g/mol. The summed E-state index contributed by atoms with van der Waals surface area (Å²) in [5.41, 5.74) is 1.24. The Morgan fingerprint density at radius 3 is 2.26 bits per heavy atom. The van der Waals surface area contributed by atoms with E-state index in [0.717, 1.165) is 10.0 Å². The molecule has 2 aromatic carbocycles. The molecule has 1 aromatic heterocycles. The lowest BCUT2D eigenvalue weighted by molar-refractivity contribution is -0.119. The predicted molar refractivity (Wildman–Crippen MR) is 152 cm³/mol. The van der Waals surface area contributed by atoms with Crippen LogP contribution in [-0.2, 0) is 21.2 Å². The molecule has 3 heterocycles. The van der Waals surface area contributed by atoms with Crippen molar-refractivity contribution in [3.05, 3.63) is 68.7 Å². The Bertz CT molecular complexity index is 1520. The molecular formula is C25H25BrCl2N6O4S. The van der Waals surface area contributed by atoms with Gasteiger partial charge in [-0.2, -0.15) is 4.31 Å². The van der Waals surface area contributed by atoms with E-state index >= 15 is 0 Å². The molecule has 0 radical (unpaired) electrons. The minimum absolute atomic E-state index is 0.0871. The molecule has 1 fully saturated rings. The fraction of sp³-hybridized carbons (Fsp3) is 0.320. The second kappa shape index (κ2) is 10.7. The Balaban J connectivity index is 1.54. The van der Waals surface area contributed by atoms with Gasteiger partial charge in [0.05, 0.1) is 11.9 Å². The van der Waals surface area contributed by atoms with Crippen LogP contribution in [0, 0.1) is 0 Å². The third-order valence-electron chi connectivity index (χ3n) is 6.70. The number of benzene rings is 2. The highest BCUT2D eigenvalue weighted by atomic mass is 79.9. The number of sulfonamides is 1. The molecule has 0 bridgehead atoms. The summed E-state index contributed by atoms with van der Waals surface area (Å²) in [7, 11) is -0.736. The highest BCUT2D eigenvalue weighted by Crippen LogP contribution is 2.41. The minimum atomic E-state index is -4.05. The molecule has 39 heavy (non-hydrogen) atoms. The van der Waals surface area contributed by atoms with Crippen molar-refractivity contribution in [1.29, 1.82) is 0 Å². The Kier molecular flexibility index (Phi) is 7.68. The van der Waals surface area contributed by atoms with Gasteiger partial charge in [-0.1, -0.05) is 51.3 Å². The summed E-state index contributed by atoms with van der Waals surface area (Å²) >= 11 is 15.9. The summed E-state index contributed by atoms with van der Waals surface area (Å²) < 4.78 is 31.5. The summed E-state index contributed by atoms with van der Waals surface area (Å²) in [5.74, 6) is -0.183. The van der Waals surface area contributed by atoms with Crippen LogP contribution in [0.5, 0.6) is 0 Å². The molecule has 5 rings (SSSR count). The van der Waals surface area contributed by atoms with E-state index in [0.29, 0.717) is 15.7 Å². The van der Waals surface area contributed by atoms with E-state index in [9.17, 15) is 18.0 Å². The number of carbonyl (C=O) groups is 2. The van der Waals surface area contributed by atoms with Crippen LogP contribution in [0.3, 0.4) is 0 Å². The molecule has 206 valence electrons. The van der Waals surface area contributed by atoms with Crippen LogP contribution in [0.25, 0.3) is 0 Å². The molecule has 2 aliphatic heterocycles. The second-order valence-electron chi connectivity index (χ2n) is 9.48. The van der Waals surface area contributed by atoms with Crippen molar-refractivity contribution in [2.24, 2.45) is 0 Å². The first-order chi connectivity index (χ1) is 18.5. The number of rotatable bonds is 5. The van der Waals surface area contributed by atoms with E-state index in [4.69, 9.17) is 23.2 Å². The van der Waals surface area contributed by atoms with Gasteiger partial charge in [-0.05, 0) is 35.9 Å². The molecular weight excluding hydrogens is 631 g/mol. The fourth-order valence-electron chi connectivity index (χ4n) is 4.81. The van der Waals surface area contributed by atoms with Crippen LogP contribution in [-0.4, -0.2) is 84.3 Å². The zero-order valence-electron chi connectivity index (χ0n) is 21.1. The third kappa shape index (κ3) is 5.28. The molecule has 0 N–H and O–H groups in total. The number of nitrogens with zero attached hydrogens (tertiary/aromatic N) is 6. The first-order valence-electron chi connectivity index (χ1n) is 12.1. The lowest BCUT2D eigenvalue weighted by Crippen LogP contribution is -2.53. The number of amides is 3. The Labute approximate surface area is 244 Å². The van der Waals surface area contributed by atoms with Crippen LogP contribution < -0.4 is 4.90 Å². The van der Waals surface area contributed by atoms with E-state index < -0.39 is 16.1 Å². The normalized spacial score (nSPS) is 18.0. The van der Waals surface area contributed by atoms with Gasteiger partial charge in [-0.25, -0.2) is 23.1 Å². The van der Waals surface area contributed by atoms with E-state index in [-0.39, 0.29) is 55.5 Å². The van der Waals surface area contributed by atoms with Crippen LogP contribution in [0.15, 0.2) is 58.2 Å². The Hall–Kier alpha value is -2.64. The highest BCUT2D eigenvalue weighted by molar-refractivity contribution is 9.10. The molecule has 1 unspecified atom stereocenters. The van der Waals surface area contributed by atoms with Crippen molar-refractivity contribution in [3.63, 3.8) is 0 Å². The van der Waals surface area contributed by atoms with E-state index in [2.05, 4.69) is 20.9 Å². The first kappa shape index (κ1) is 27.9. The standard InChI is InChI=1S/C25H25BrCl2N6O4S/c1-30(2)25(36)31-7-9-32(10-8-31)39(37,38)22-15-29-24-33(20-13-18(27)12-19(28)14-20)23(35)21(34(22)24)11-16-3-5-17(26)6-4-16/h3-6,12-15,21H,7-11H2,1-2H3. The van der Waals surface area contributed by atoms with Gasteiger partial charge >= 0.3 is 6.03 Å². The van der Waals surface area contributed by atoms with Gasteiger partial charge in [0, 0.05) is 61.2 Å². The van der Waals surface area contributed by atoms with Crippen LogP contribution in [0.1, 0.15) is 11.6 Å². The van der Waals surface area contributed by atoms with Crippen LogP contribution in [0.4, 0.5) is 16.4 Å². The Morgan fingerprint density at radius 1 is 1.05 bits per heavy atom. The van der Waals surface area contributed by atoms with Gasteiger partial charge in [0.1, 0.15) is 6.04 Å². The quantitative estimate of drug-likeness (QED) is 0.406. The molecule has 0 aliphatic carbocycles. The van der Waals surface area contributed by atoms with Crippen molar-refractivity contribution in [1.82, 2.24) is 23.7 Å². The van der Waals surface area contributed by atoms with Gasteiger partial charge in [-0.3, -0.25) is 9.36 Å². The number of halogens is 3. The number of hydrogen-bond donors (Lipinski definition) is 0. The van der Waals surface area contributed by atoms with Crippen molar-refractivity contribution in [2.75, 3.05) is 45.2 Å². The van der Waals surface area contributed by atoms with Gasteiger partial charge < -0.3 is 9.80 Å². The molecule has 0 spiro atoms. The van der Waals surface area contributed by atoms with Crippen molar-refractivity contribution in [3.8, 4) is 0 Å². The topological polar surface area (TPSA) is 99.1 Å². The largest absolute Gasteiger partial charge is 0.331 e. The maximum atomic E-state index is 13.9. The molecule has 0 saturated carbocycles. The SMILES string of the molecule is CN(C)C(=O)N1CCN(S(=O)(=O)c2cnc3n2C(Cc2ccc(Br)cc2)C(=O)N3c2cc(Cl)cc(Cl)c2)CC1. The lowest BCUT2D eigenvalue weighted by Gasteiger charge is -2.35. The number of urea groups is 1. The number of carbonyl (C=O) groups excluding carboxylic acids is 2. The summed E-state index contributed by atoms with van der Waals surface area (Å²) in [4.78, 5) is 35.0. The number of hydrogen-bond acceptors (Lipinski definition) is 5. The predicted octanol–water partition coefficient (Wildman–Crippen LogP) is 4.40. The maximum Gasteiger partial charge on any atom is 0.319 e. The number of piperazine rings is 1. The van der Waals surface area contributed by atoms with Gasteiger partial charge in [0.15, 0.2) is 5.03 Å². The number of imidazole rings is 1. The van der Waals surface area contributed by atoms with Gasteiger partial charge in [-0.15, -0.1) is 0 Å². The molecule has 1 saturated heterocycles. The van der Waals surface area contributed by atoms with Crippen LogP contribution >= 0.6 is 39.1 Å². The van der Waals surface area contributed by atoms with Crippen molar-refractivity contribution < 1.29 is 18.0 Å². The molecule has 2 aliphatic rings.